The van der Waals surface area contributed by atoms with Crippen molar-refractivity contribution in [3.63, 3.8) is 0 Å². The molecule has 186 valence electrons. The third kappa shape index (κ3) is 5.48. The zero-order valence-electron chi connectivity index (χ0n) is 19.9. The molecule has 10 heteroatoms. The number of carbonyl (C=O) groups excluding carboxylic acids is 2. The van der Waals surface area contributed by atoms with Crippen LogP contribution < -0.4 is 10.1 Å². The number of nitrogens with one attached hydrogen (secondary N) is 1. The van der Waals surface area contributed by atoms with Gasteiger partial charge < -0.3 is 24.8 Å². The minimum atomic E-state index is -1.11. The van der Waals surface area contributed by atoms with Gasteiger partial charge in [0.25, 0.3) is 0 Å². The second-order valence-corrected chi connectivity index (χ2v) is 9.34. The van der Waals surface area contributed by atoms with Gasteiger partial charge in [-0.3, -0.25) is 4.84 Å². The lowest BCUT2D eigenvalue weighted by Gasteiger charge is -2.30. The van der Waals surface area contributed by atoms with E-state index in [2.05, 4.69) is 5.32 Å². The molecule has 2 atom stereocenters. The number of carbonyl (C=O) groups is 3. The highest BCUT2D eigenvalue weighted by atomic mass is 16.7. The van der Waals surface area contributed by atoms with Crippen molar-refractivity contribution in [1.82, 2.24) is 15.3 Å². The van der Waals surface area contributed by atoms with Gasteiger partial charge in [0.05, 0.1) is 13.1 Å². The summed E-state index contributed by atoms with van der Waals surface area (Å²) in [5, 5.41) is 13.7. The lowest BCUT2D eigenvalue weighted by molar-refractivity contribution is -0.143. The normalized spacial score (nSPS) is 18.8. The number of fused-ring (bicyclic) bond motifs is 4. The molecule has 1 fully saturated rings. The molecule has 2 heterocycles. The first-order chi connectivity index (χ1) is 16.6. The van der Waals surface area contributed by atoms with Crippen molar-refractivity contribution < 1.29 is 33.8 Å². The molecule has 2 aliphatic heterocycles. The smallest absolute Gasteiger partial charge is 0.407 e. The number of amides is 3. The van der Waals surface area contributed by atoms with Gasteiger partial charge in [-0.15, -0.1) is 0 Å². The molecule has 2 aromatic rings. The van der Waals surface area contributed by atoms with Crippen LogP contribution in [-0.4, -0.2) is 58.5 Å². The van der Waals surface area contributed by atoms with Crippen LogP contribution in [0.2, 0.25) is 0 Å². The molecular weight excluding hydrogens is 454 g/mol. The molecule has 2 aliphatic rings. The highest BCUT2D eigenvalue weighted by Crippen LogP contribution is 2.45. The maximum Gasteiger partial charge on any atom is 0.407 e. The van der Waals surface area contributed by atoms with Crippen LogP contribution >= 0.6 is 0 Å². The summed E-state index contributed by atoms with van der Waals surface area (Å²) < 4.78 is 11.0. The van der Waals surface area contributed by atoms with Crippen LogP contribution in [0.3, 0.4) is 0 Å². The second-order valence-electron chi connectivity index (χ2n) is 9.34. The van der Waals surface area contributed by atoms with Crippen molar-refractivity contribution in [2.45, 2.75) is 45.1 Å². The summed E-state index contributed by atoms with van der Waals surface area (Å²) in [5.41, 5.74) is 1.48. The Hall–Kier alpha value is -3.79. The number of carboxylic acid groups (broad SMARTS) is 1. The number of carboxylic acids is 1. The van der Waals surface area contributed by atoms with Gasteiger partial charge in [0, 0.05) is 0 Å². The van der Waals surface area contributed by atoms with E-state index in [1.165, 1.54) is 9.96 Å². The van der Waals surface area contributed by atoms with E-state index in [1.807, 2.05) is 30.3 Å². The molecule has 0 saturated carbocycles. The van der Waals surface area contributed by atoms with Gasteiger partial charge in [-0.1, -0.05) is 36.4 Å². The molecule has 2 bridgehead atoms. The van der Waals surface area contributed by atoms with Gasteiger partial charge in [0.2, 0.25) is 0 Å². The molecule has 0 aromatic heterocycles. The molecule has 4 rings (SSSR count). The maximum absolute atomic E-state index is 13.0. The van der Waals surface area contributed by atoms with Crippen LogP contribution in [-0.2, 0) is 21.0 Å². The van der Waals surface area contributed by atoms with E-state index in [4.69, 9.17) is 14.3 Å². The first-order valence-corrected chi connectivity index (χ1v) is 11.4. The summed E-state index contributed by atoms with van der Waals surface area (Å²) in [6, 6.07) is 12.4. The Labute approximate surface area is 203 Å². The number of aliphatic carboxylic acids is 1. The molecular formula is C25H29N3O7. The van der Waals surface area contributed by atoms with Crippen molar-refractivity contribution in [3.05, 3.63) is 65.2 Å². The van der Waals surface area contributed by atoms with Crippen LogP contribution in [0, 0.1) is 0 Å². The Balaban J connectivity index is 1.47. The zero-order valence-corrected chi connectivity index (χ0v) is 19.9. The van der Waals surface area contributed by atoms with Crippen molar-refractivity contribution in [3.8, 4) is 5.75 Å². The number of ether oxygens (including phenoxy) is 2. The Morgan fingerprint density at radius 2 is 1.86 bits per heavy atom. The largest absolute Gasteiger partial charge is 0.492 e. The fourth-order valence-corrected chi connectivity index (χ4v) is 4.15. The Bertz CT molecular complexity index is 1100. The molecule has 2 N–H and O–H groups in total. The van der Waals surface area contributed by atoms with Crippen molar-refractivity contribution in [2.75, 3.05) is 19.7 Å². The molecule has 0 aliphatic carbocycles. The number of rotatable bonds is 8. The number of hydroxylamine groups is 2. The van der Waals surface area contributed by atoms with E-state index >= 15 is 0 Å². The average Bonchev–Trinajstić information content (AvgIpc) is 3.07. The third-order valence-corrected chi connectivity index (χ3v) is 5.60. The van der Waals surface area contributed by atoms with Crippen LogP contribution in [0.1, 0.15) is 49.5 Å². The van der Waals surface area contributed by atoms with E-state index in [0.29, 0.717) is 16.9 Å². The monoisotopic (exact) mass is 483 g/mol. The Kier molecular flexibility index (Phi) is 6.83. The van der Waals surface area contributed by atoms with Gasteiger partial charge in [0.1, 0.15) is 30.6 Å². The molecule has 0 spiro atoms. The van der Waals surface area contributed by atoms with Crippen LogP contribution in [0.5, 0.6) is 5.75 Å². The lowest BCUT2D eigenvalue weighted by Crippen LogP contribution is -2.38. The molecule has 10 nitrogen and oxygen atoms in total. The van der Waals surface area contributed by atoms with Crippen molar-refractivity contribution >= 4 is 18.1 Å². The number of alkyl carbamates (subject to hydrolysis) is 1. The topological polar surface area (TPSA) is 118 Å². The number of hydrogen-bond acceptors (Lipinski definition) is 6. The zero-order chi connectivity index (χ0) is 25.2. The van der Waals surface area contributed by atoms with Gasteiger partial charge in [-0.25, -0.2) is 14.4 Å². The molecule has 0 unspecified atom stereocenters. The van der Waals surface area contributed by atoms with Crippen LogP contribution in [0.25, 0.3) is 0 Å². The van der Waals surface area contributed by atoms with Crippen LogP contribution in [0.4, 0.5) is 9.59 Å². The first-order valence-electron chi connectivity index (χ1n) is 11.4. The van der Waals surface area contributed by atoms with Gasteiger partial charge in [0.15, 0.2) is 6.04 Å². The standard InChI is InChI=1S/C25H29N3O7/c1-25(2,3)35-23(31)26-11-12-33-17-9-10-18-19(13-17)20-14-27(21(18)22(29)30)24(32)28(20)34-15-16-7-5-4-6-8-16/h4-10,13,20-21H,11-12,14-15H2,1-3H3,(H,26,31)(H,29,30)/t20-,21-/m1/s1. The first kappa shape index (κ1) is 24.3. The van der Waals surface area contributed by atoms with Gasteiger partial charge >= 0.3 is 18.1 Å². The summed E-state index contributed by atoms with van der Waals surface area (Å²) in [6.07, 6.45) is -0.536. The number of urea groups is 1. The van der Waals surface area contributed by atoms with E-state index in [1.54, 1.807) is 39.0 Å². The summed E-state index contributed by atoms with van der Waals surface area (Å²) in [7, 11) is 0. The molecule has 2 aromatic carbocycles. The predicted molar refractivity (Wildman–Crippen MR) is 124 cm³/mol. The van der Waals surface area contributed by atoms with Crippen molar-refractivity contribution in [1.29, 1.82) is 0 Å². The quantitative estimate of drug-likeness (QED) is 0.551. The number of hydrogen-bond donors (Lipinski definition) is 2. The third-order valence-electron chi connectivity index (χ3n) is 5.60. The minimum Gasteiger partial charge on any atom is -0.492 e. The average molecular weight is 484 g/mol. The number of benzene rings is 2. The molecule has 1 saturated heterocycles. The minimum absolute atomic E-state index is 0.177. The molecule has 35 heavy (non-hydrogen) atoms. The molecule has 3 amide bonds. The van der Waals surface area contributed by atoms with Gasteiger partial charge in [-0.2, -0.15) is 5.06 Å². The number of nitrogens with zero attached hydrogens (tertiary/aromatic N) is 2. The highest BCUT2D eigenvalue weighted by Gasteiger charge is 2.51. The SMILES string of the molecule is CC(C)(C)OC(=O)NCCOc1ccc2c(c1)[C@H]1CN(C(=O)N1OCc1ccccc1)[C@H]2C(=O)O. The second kappa shape index (κ2) is 9.83. The predicted octanol–water partition coefficient (Wildman–Crippen LogP) is 3.64. The molecule has 0 radical (unpaired) electrons. The van der Waals surface area contributed by atoms with Crippen LogP contribution in [0.15, 0.2) is 48.5 Å². The summed E-state index contributed by atoms with van der Waals surface area (Å²) >= 11 is 0. The maximum atomic E-state index is 13.0. The van der Waals surface area contributed by atoms with E-state index in [0.717, 1.165) is 5.56 Å². The summed E-state index contributed by atoms with van der Waals surface area (Å²) in [4.78, 5) is 44.0. The highest BCUT2D eigenvalue weighted by molar-refractivity contribution is 5.87. The van der Waals surface area contributed by atoms with Gasteiger partial charge in [-0.05, 0) is 49.6 Å². The van der Waals surface area contributed by atoms with E-state index in [9.17, 15) is 19.5 Å². The fourth-order valence-electron chi connectivity index (χ4n) is 4.15. The Morgan fingerprint density at radius 1 is 1.11 bits per heavy atom. The fraction of sp³-hybridized carbons (Fsp3) is 0.400. The van der Waals surface area contributed by atoms with E-state index in [-0.39, 0.29) is 26.3 Å². The lowest BCUT2D eigenvalue weighted by atomic mass is 9.91. The summed E-state index contributed by atoms with van der Waals surface area (Å²) in [6.45, 7) is 6.13. The van der Waals surface area contributed by atoms with E-state index < -0.39 is 35.8 Å². The summed E-state index contributed by atoms with van der Waals surface area (Å²) in [5.74, 6) is -0.618. The Morgan fingerprint density at radius 3 is 2.54 bits per heavy atom. The van der Waals surface area contributed by atoms with Crippen molar-refractivity contribution in [2.24, 2.45) is 0 Å².